The smallest absolute Gasteiger partial charge is 0.416 e. The molecule has 3 N–H and O–H groups in total. The Hall–Kier alpha value is -4.25. The second kappa shape index (κ2) is 11.7. The molecule has 41 heavy (non-hydrogen) atoms. The number of pyridine rings is 1. The number of hydrogen-bond acceptors (Lipinski definition) is 7. The van der Waals surface area contributed by atoms with Crippen molar-refractivity contribution >= 4 is 28.3 Å². The summed E-state index contributed by atoms with van der Waals surface area (Å²) in [6.07, 6.45) is -0.832. The van der Waals surface area contributed by atoms with Gasteiger partial charge in [-0.1, -0.05) is 38.5 Å². The van der Waals surface area contributed by atoms with Crippen LogP contribution in [0.5, 0.6) is 11.6 Å². The third kappa shape index (κ3) is 6.57. The lowest BCUT2D eigenvalue weighted by Crippen LogP contribution is -2.48. The minimum atomic E-state index is -4.59. The van der Waals surface area contributed by atoms with Gasteiger partial charge in [-0.2, -0.15) is 13.2 Å². The van der Waals surface area contributed by atoms with Gasteiger partial charge in [-0.15, -0.1) is 0 Å². The third-order valence-corrected chi connectivity index (χ3v) is 6.96. The van der Waals surface area contributed by atoms with Crippen molar-refractivity contribution in [3.05, 3.63) is 66.5 Å². The van der Waals surface area contributed by atoms with E-state index in [1.54, 1.807) is 18.2 Å². The Balaban J connectivity index is 1.48. The first kappa shape index (κ1) is 28.3. The lowest BCUT2D eigenvalue weighted by atomic mass is 9.99. The maximum absolute atomic E-state index is 13.7. The topological polar surface area (TPSA) is 106 Å². The van der Waals surface area contributed by atoms with Crippen LogP contribution < -0.4 is 15.8 Å². The standard InChI is InChI=1S/C30H31F3N6O2/c1-18(2)16-39-13-4-3-7-24(39)29(40)37-23-14-20(30(31,32)33)10-11-21(23)22-15-27(36-17-35-22)41-25-8-5-6-19-9-12-26(34)38-28(19)25/h5-6,8-12,14-15,17-18,24H,3-4,7,13,16H2,1-2H3,(H2,34,38)(H,37,40)/t24-/m0/s1. The first-order valence-corrected chi connectivity index (χ1v) is 13.5. The van der Waals surface area contributed by atoms with Crippen molar-refractivity contribution in [2.75, 3.05) is 24.1 Å². The number of rotatable bonds is 7. The molecule has 2 aromatic heterocycles. The van der Waals surface area contributed by atoms with Gasteiger partial charge in [0.25, 0.3) is 0 Å². The highest BCUT2D eigenvalue weighted by Gasteiger charge is 2.33. The molecule has 1 aliphatic heterocycles. The number of anilines is 2. The average Bonchev–Trinajstić information content (AvgIpc) is 2.93. The molecule has 11 heteroatoms. The fourth-order valence-corrected chi connectivity index (χ4v) is 5.11. The molecule has 0 unspecified atom stereocenters. The predicted molar refractivity (Wildman–Crippen MR) is 151 cm³/mol. The first-order valence-electron chi connectivity index (χ1n) is 13.5. The number of halogens is 3. The Labute approximate surface area is 235 Å². The van der Waals surface area contributed by atoms with Crippen LogP contribution in [0.1, 0.15) is 38.7 Å². The number of nitrogens with two attached hydrogens (primary N) is 1. The van der Waals surface area contributed by atoms with Crippen LogP contribution in [0.3, 0.4) is 0 Å². The van der Waals surface area contributed by atoms with Gasteiger partial charge in [-0.25, -0.2) is 15.0 Å². The molecule has 1 atom stereocenters. The van der Waals surface area contributed by atoms with Crippen LogP contribution in [0.15, 0.2) is 60.9 Å². The van der Waals surface area contributed by atoms with E-state index in [2.05, 4.69) is 39.0 Å². The number of nitrogen functional groups attached to an aromatic ring is 1. The highest BCUT2D eigenvalue weighted by Crippen LogP contribution is 2.37. The van der Waals surface area contributed by atoms with Gasteiger partial charge in [0.15, 0.2) is 5.75 Å². The summed E-state index contributed by atoms with van der Waals surface area (Å²) in [5.41, 5.74) is 6.14. The summed E-state index contributed by atoms with van der Waals surface area (Å²) in [6.45, 7) is 5.65. The molecule has 4 aromatic rings. The first-order chi connectivity index (χ1) is 19.6. The molecule has 1 fully saturated rings. The van der Waals surface area contributed by atoms with E-state index in [1.807, 2.05) is 12.1 Å². The maximum Gasteiger partial charge on any atom is 0.416 e. The summed E-state index contributed by atoms with van der Waals surface area (Å²) in [5.74, 6) is 0.894. The normalized spacial score (nSPS) is 16.2. The third-order valence-electron chi connectivity index (χ3n) is 6.96. The zero-order valence-corrected chi connectivity index (χ0v) is 22.8. The minimum absolute atomic E-state index is 0.0177. The molecule has 8 nitrogen and oxygen atoms in total. The molecular formula is C30H31F3N6O2. The Bertz CT molecular complexity index is 1560. The van der Waals surface area contributed by atoms with Gasteiger partial charge < -0.3 is 15.8 Å². The van der Waals surface area contributed by atoms with Crippen molar-refractivity contribution in [2.45, 2.75) is 45.3 Å². The number of likely N-dealkylation sites (tertiary alicyclic amines) is 1. The van der Waals surface area contributed by atoms with Crippen LogP contribution in [-0.2, 0) is 11.0 Å². The fourth-order valence-electron chi connectivity index (χ4n) is 5.11. The molecule has 0 saturated carbocycles. The van der Waals surface area contributed by atoms with E-state index in [0.717, 1.165) is 43.5 Å². The molecule has 1 aliphatic rings. The van der Waals surface area contributed by atoms with Crippen molar-refractivity contribution < 1.29 is 22.7 Å². The largest absolute Gasteiger partial charge is 0.437 e. The van der Waals surface area contributed by atoms with Crippen molar-refractivity contribution in [2.24, 2.45) is 5.92 Å². The Morgan fingerprint density at radius 3 is 2.73 bits per heavy atom. The molecule has 5 rings (SSSR count). The number of benzene rings is 2. The predicted octanol–water partition coefficient (Wildman–Crippen LogP) is 6.53. The molecule has 0 aliphatic carbocycles. The van der Waals surface area contributed by atoms with Crippen molar-refractivity contribution in [3.8, 4) is 22.9 Å². The van der Waals surface area contributed by atoms with Crippen LogP contribution >= 0.6 is 0 Å². The van der Waals surface area contributed by atoms with Gasteiger partial charge in [0.1, 0.15) is 17.7 Å². The van der Waals surface area contributed by atoms with Gasteiger partial charge in [0.05, 0.1) is 23.0 Å². The van der Waals surface area contributed by atoms with Crippen LogP contribution in [0.25, 0.3) is 22.2 Å². The van der Waals surface area contributed by atoms with E-state index in [-0.39, 0.29) is 23.2 Å². The van der Waals surface area contributed by atoms with Gasteiger partial charge in [-0.3, -0.25) is 9.69 Å². The van der Waals surface area contributed by atoms with Gasteiger partial charge in [0.2, 0.25) is 11.8 Å². The number of alkyl halides is 3. The maximum atomic E-state index is 13.7. The quantitative estimate of drug-likeness (QED) is 0.263. The van der Waals surface area contributed by atoms with Crippen molar-refractivity contribution in [1.29, 1.82) is 0 Å². The minimum Gasteiger partial charge on any atom is -0.437 e. The number of piperidine rings is 1. The number of amides is 1. The number of fused-ring (bicyclic) bond motifs is 1. The number of para-hydroxylation sites is 1. The summed E-state index contributed by atoms with van der Waals surface area (Å²) in [5, 5.41) is 3.60. The van der Waals surface area contributed by atoms with Gasteiger partial charge in [-0.05, 0) is 55.6 Å². The number of ether oxygens (including phenoxy) is 1. The van der Waals surface area contributed by atoms with Crippen LogP contribution in [0, 0.1) is 5.92 Å². The second-order valence-corrected chi connectivity index (χ2v) is 10.6. The highest BCUT2D eigenvalue weighted by molar-refractivity contribution is 5.98. The van der Waals surface area contributed by atoms with Crippen LogP contribution in [0.4, 0.5) is 24.7 Å². The molecule has 1 amide bonds. The molecule has 0 radical (unpaired) electrons. The molecule has 2 aromatic carbocycles. The van der Waals surface area contributed by atoms with E-state index >= 15 is 0 Å². The average molecular weight is 565 g/mol. The summed E-state index contributed by atoms with van der Waals surface area (Å²) < 4.78 is 47.1. The number of carbonyl (C=O) groups is 1. The molecule has 0 bridgehead atoms. The SMILES string of the molecule is CC(C)CN1CCCC[C@H]1C(=O)Nc1cc(C(F)(F)F)ccc1-c1cc(Oc2cccc3ccc(N)nc23)ncn1. The zero-order chi connectivity index (χ0) is 29.1. The van der Waals surface area contributed by atoms with Crippen LogP contribution in [0.2, 0.25) is 0 Å². The second-order valence-electron chi connectivity index (χ2n) is 10.6. The number of nitrogens with zero attached hydrogens (tertiary/aromatic N) is 4. The number of aromatic nitrogens is 3. The molecule has 3 heterocycles. The summed E-state index contributed by atoms with van der Waals surface area (Å²) in [4.78, 5) is 28.4. The van der Waals surface area contributed by atoms with E-state index < -0.39 is 17.8 Å². The van der Waals surface area contributed by atoms with E-state index in [0.29, 0.717) is 35.0 Å². The van der Waals surface area contributed by atoms with Crippen LogP contribution in [-0.4, -0.2) is 44.9 Å². The molecule has 1 saturated heterocycles. The Kier molecular flexibility index (Phi) is 8.07. The van der Waals surface area contributed by atoms with Gasteiger partial charge >= 0.3 is 6.18 Å². The number of hydrogen-bond donors (Lipinski definition) is 2. The summed E-state index contributed by atoms with van der Waals surface area (Å²) in [7, 11) is 0. The summed E-state index contributed by atoms with van der Waals surface area (Å²) in [6, 6.07) is 13.2. The highest BCUT2D eigenvalue weighted by atomic mass is 19.4. The Morgan fingerprint density at radius 1 is 1.12 bits per heavy atom. The Morgan fingerprint density at radius 2 is 1.95 bits per heavy atom. The van der Waals surface area contributed by atoms with Gasteiger partial charge in [0, 0.05) is 23.6 Å². The monoisotopic (exact) mass is 564 g/mol. The fraction of sp³-hybridized carbons (Fsp3) is 0.333. The van der Waals surface area contributed by atoms with E-state index in [1.165, 1.54) is 18.5 Å². The number of carbonyl (C=O) groups excluding carboxylic acids is 1. The van der Waals surface area contributed by atoms with E-state index in [9.17, 15) is 18.0 Å². The lowest BCUT2D eigenvalue weighted by molar-refractivity contribution is -0.137. The van der Waals surface area contributed by atoms with Crippen molar-refractivity contribution in [1.82, 2.24) is 19.9 Å². The van der Waals surface area contributed by atoms with E-state index in [4.69, 9.17) is 10.5 Å². The molecular weight excluding hydrogens is 533 g/mol. The summed E-state index contributed by atoms with van der Waals surface area (Å²) >= 11 is 0. The number of nitrogens with one attached hydrogen (secondary N) is 1. The molecule has 0 spiro atoms. The van der Waals surface area contributed by atoms with Crippen molar-refractivity contribution in [3.63, 3.8) is 0 Å². The lowest BCUT2D eigenvalue weighted by Gasteiger charge is -2.35. The zero-order valence-electron chi connectivity index (χ0n) is 22.8. The molecule has 214 valence electrons.